The summed E-state index contributed by atoms with van der Waals surface area (Å²) in [5.74, 6) is 4.18. The zero-order valence-corrected chi connectivity index (χ0v) is 8.93. The van der Waals surface area contributed by atoms with E-state index in [4.69, 9.17) is 0 Å². The highest BCUT2D eigenvalue weighted by Gasteiger charge is 2.50. The zero-order chi connectivity index (χ0) is 8.93. The third kappa shape index (κ3) is 1.20. The van der Waals surface area contributed by atoms with Gasteiger partial charge in [-0.2, -0.15) is 0 Å². The topological polar surface area (TPSA) is 0 Å². The molecule has 3 aliphatic carbocycles. The Kier molecular flexibility index (Phi) is 1.79. The monoisotopic (exact) mass is 166 g/mol. The Morgan fingerprint density at radius 3 is 2.00 bits per heavy atom. The maximum absolute atomic E-state index is 2.45. The number of fused-ring (bicyclic) bond motifs is 2. The Labute approximate surface area is 76.7 Å². The molecule has 70 valence electrons. The van der Waals surface area contributed by atoms with E-state index in [1.807, 2.05) is 0 Å². The Balaban J connectivity index is 2.03. The fourth-order valence-corrected chi connectivity index (χ4v) is 3.92. The second kappa shape index (κ2) is 2.49. The minimum absolute atomic E-state index is 0.666. The molecule has 2 atom stereocenters. The molecule has 0 amide bonds. The largest absolute Gasteiger partial charge is 0.0625 e. The van der Waals surface area contributed by atoms with Crippen LogP contribution in [0.25, 0.3) is 0 Å². The standard InChI is InChI=1S/C12H22/c1-8(2)11-9-5-10(11)7-12(3,4)6-9/h8-11H,5-7H2,1-4H3. The minimum atomic E-state index is 0.666. The summed E-state index contributed by atoms with van der Waals surface area (Å²) in [5, 5.41) is 0. The molecule has 12 heavy (non-hydrogen) atoms. The maximum atomic E-state index is 2.45. The van der Waals surface area contributed by atoms with Gasteiger partial charge < -0.3 is 0 Å². The van der Waals surface area contributed by atoms with Crippen LogP contribution in [0, 0.1) is 29.1 Å². The molecule has 0 heterocycles. The first kappa shape index (κ1) is 8.59. The Morgan fingerprint density at radius 2 is 1.58 bits per heavy atom. The SMILES string of the molecule is CC(C)C1C2CC1CC(C)(C)C2. The Hall–Kier alpha value is 0. The molecule has 2 unspecified atom stereocenters. The lowest BCUT2D eigenvalue weighted by Gasteiger charge is -2.57. The van der Waals surface area contributed by atoms with E-state index in [9.17, 15) is 0 Å². The molecule has 0 saturated heterocycles. The van der Waals surface area contributed by atoms with Gasteiger partial charge >= 0.3 is 0 Å². The van der Waals surface area contributed by atoms with Crippen LogP contribution in [0.5, 0.6) is 0 Å². The fraction of sp³-hybridized carbons (Fsp3) is 1.00. The van der Waals surface area contributed by atoms with Gasteiger partial charge in [-0.15, -0.1) is 0 Å². The molecule has 0 aromatic rings. The van der Waals surface area contributed by atoms with Crippen molar-refractivity contribution >= 4 is 0 Å². The van der Waals surface area contributed by atoms with E-state index in [0.717, 1.165) is 23.7 Å². The van der Waals surface area contributed by atoms with E-state index in [-0.39, 0.29) is 0 Å². The lowest BCUT2D eigenvalue weighted by atomic mass is 9.48. The van der Waals surface area contributed by atoms with E-state index in [2.05, 4.69) is 27.7 Å². The molecule has 3 saturated carbocycles. The van der Waals surface area contributed by atoms with E-state index in [0.29, 0.717) is 5.41 Å². The first-order valence-corrected chi connectivity index (χ1v) is 5.49. The summed E-state index contributed by atoms with van der Waals surface area (Å²) in [4.78, 5) is 0. The average molecular weight is 166 g/mol. The highest BCUT2D eigenvalue weighted by atomic mass is 14.6. The van der Waals surface area contributed by atoms with Crippen molar-refractivity contribution in [3.63, 3.8) is 0 Å². The highest BCUT2D eigenvalue weighted by Crippen LogP contribution is 2.59. The van der Waals surface area contributed by atoms with Gasteiger partial charge in [0.2, 0.25) is 0 Å². The van der Waals surface area contributed by atoms with Gasteiger partial charge in [0, 0.05) is 0 Å². The van der Waals surface area contributed by atoms with Gasteiger partial charge in [-0.25, -0.2) is 0 Å². The molecule has 0 aliphatic heterocycles. The van der Waals surface area contributed by atoms with E-state index in [1.165, 1.54) is 12.8 Å². The van der Waals surface area contributed by atoms with Crippen LogP contribution in [0.2, 0.25) is 0 Å². The van der Waals surface area contributed by atoms with Gasteiger partial charge in [0.05, 0.1) is 0 Å². The predicted octanol–water partition coefficient (Wildman–Crippen LogP) is 3.71. The van der Waals surface area contributed by atoms with Crippen molar-refractivity contribution in [1.29, 1.82) is 0 Å². The summed E-state index contributed by atoms with van der Waals surface area (Å²) in [7, 11) is 0. The van der Waals surface area contributed by atoms with Crippen molar-refractivity contribution in [1.82, 2.24) is 0 Å². The summed E-state index contributed by atoms with van der Waals surface area (Å²) in [6.45, 7) is 9.70. The number of hydrogen-bond donors (Lipinski definition) is 0. The van der Waals surface area contributed by atoms with Crippen molar-refractivity contribution in [2.24, 2.45) is 29.1 Å². The van der Waals surface area contributed by atoms with Gasteiger partial charge in [0.25, 0.3) is 0 Å². The summed E-state index contributed by atoms with van der Waals surface area (Å²) < 4.78 is 0. The van der Waals surface area contributed by atoms with Crippen molar-refractivity contribution in [3.05, 3.63) is 0 Å². The van der Waals surface area contributed by atoms with Gasteiger partial charge in [-0.3, -0.25) is 0 Å². The molecule has 0 radical (unpaired) electrons. The number of rotatable bonds is 1. The molecular formula is C12H22. The fourth-order valence-electron chi connectivity index (χ4n) is 3.92. The molecule has 3 aliphatic rings. The molecule has 0 aromatic carbocycles. The van der Waals surface area contributed by atoms with Gasteiger partial charge in [0.15, 0.2) is 0 Å². The first-order chi connectivity index (χ1) is 5.49. The second-order valence-electron chi connectivity index (χ2n) is 6.15. The maximum Gasteiger partial charge on any atom is -0.0334 e. The second-order valence-corrected chi connectivity index (χ2v) is 6.15. The predicted molar refractivity (Wildman–Crippen MR) is 52.9 cm³/mol. The van der Waals surface area contributed by atoms with Crippen molar-refractivity contribution < 1.29 is 0 Å². The van der Waals surface area contributed by atoms with E-state index >= 15 is 0 Å². The molecule has 0 N–H and O–H groups in total. The van der Waals surface area contributed by atoms with Gasteiger partial charge in [0.1, 0.15) is 0 Å². The zero-order valence-electron chi connectivity index (χ0n) is 8.93. The average Bonchev–Trinajstić information content (AvgIpc) is 1.81. The van der Waals surface area contributed by atoms with Crippen LogP contribution in [0.1, 0.15) is 47.0 Å². The summed E-state index contributed by atoms with van der Waals surface area (Å²) in [6, 6.07) is 0. The Morgan fingerprint density at radius 1 is 1.08 bits per heavy atom. The van der Waals surface area contributed by atoms with Crippen molar-refractivity contribution in [2.45, 2.75) is 47.0 Å². The smallest absolute Gasteiger partial charge is 0.0334 e. The molecule has 0 aromatic heterocycles. The van der Waals surface area contributed by atoms with Crippen LogP contribution in [-0.4, -0.2) is 0 Å². The van der Waals surface area contributed by atoms with E-state index in [1.54, 1.807) is 6.42 Å². The summed E-state index contributed by atoms with van der Waals surface area (Å²) in [5.41, 5.74) is 0.666. The quantitative estimate of drug-likeness (QED) is 0.557. The summed E-state index contributed by atoms with van der Waals surface area (Å²) in [6.07, 6.45) is 4.53. The Bertz CT molecular complexity index is 164. The molecule has 3 fully saturated rings. The lowest BCUT2D eigenvalue weighted by Crippen LogP contribution is -2.49. The minimum Gasteiger partial charge on any atom is -0.0625 e. The van der Waals surface area contributed by atoms with Crippen LogP contribution in [-0.2, 0) is 0 Å². The van der Waals surface area contributed by atoms with Gasteiger partial charge in [-0.05, 0) is 48.3 Å². The molecule has 0 heteroatoms. The van der Waals surface area contributed by atoms with E-state index < -0.39 is 0 Å². The van der Waals surface area contributed by atoms with Crippen LogP contribution in [0.15, 0.2) is 0 Å². The van der Waals surface area contributed by atoms with Crippen molar-refractivity contribution in [3.8, 4) is 0 Å². The normalized spacial score (nSPS) is 44.2. The molecule has 2 bridgehead atoms. The van der Waals surface area contributed by atoms with Crippen LogP contribution < -0.4 is 0 Å². The molecule has 3 rings (SSSR count). The van der Waals surface area contributed by atoms with Crippen LogP contribution in [0.4, 0.5) is 0 Å². The molecular weight excluding hydrogens is 144 g/mol. The third-order valence-electron chi connectivity index (χ3n) is 4.09. The molecule has 0 spiro atoms. The lowest BCUT2D eigenvalue weighted by molar-refractivity contribution is -0.0754. The van der Waals surface area contributed by atoms with Crippen LogP contribution >= 0.6 is 0 Å². The number of hydrogen-bond acceptors (Lipinski definition) is 0. The van der Waals surface area contributed by atoms with Crippen LogP contribution in [0.3, 0.4) is 0 Å². The first-order valence-electron chi connectivity index (χ1n) is 5.49. The highest BCUT2D eigenvalue weighted by molar-refractivity contribution is 5.00. The van der Waals surface area contributed by atoms with Crippen molar-refractivity contribution in [2.75, 3.05) is 0 Å². The third-order valence-corrected chi connectivity index (χ3v) is 4.09. The summed E-state index contributed by atoms with van der Waals surface area (Å²) >= 11 is 0. The van der Waals surface area contributed by atoms with Gasteiger partial charge in [-0.1, -0.05) is 27.7 Å². The molecule has 0 nitrogen and oxygen atoms in total.